The van der Waals surface area contributed by atoms with Crippen molar-refractivity contribution in [2.75, 3.05) is 12.4 Å². The first-order valence-corrected chi connectivity index (χ1v) is 9.56. The molecule has 0 aliphatic heterocycles. The molecule has 0 aliphatic carbocycles. The standard InChI is InChI=1S/C23H17N5O3/c1-24-22(29)19-12-17(8-9-25-19)30-16-6-7-20-18(11-16)27-23(31-20)28-21-10-14-4-2-3-5-15(14)13-26-21/h2-13H,1H3,(H,24,29)(H,26,27,28). The third-order valence-corrected chi connectivity index (χ3v) is 4.65. The first kappa shape index (κ1) is 18.6. The molecule has 0 unspecified atom stereocenters. The molecule has 0 radical (unpaired) electrons. The Morgan fingerprint density at radius 2 is 1.81 bits per heavy atom. The number of rotatable bonds is 5. The zero-order chi connectivity index (χ0) is 21.2. The van der Waals surface area contributed by atoms with Crippen LogP contribution in [0.1, 0.15) is 10.5 Å². The summed E-state index contributed by atoms with van der Waals surface area (Å²) in [5.41, 5.74) is 1.51. The lowest BCUT2D eigenvalue weighted by Crippen LogP contribution is -2.18. The van der Waals surface area contributed by atoms with Crippen molar-refractivity contribution in [2.45, 2.75) is 0 Å². The van der Waals surface area contributed by atoms with Crippen molar-refractivity contribution in [3.05, 3.63) is 78.8 Å². The second kappa shape index (κ2) is 7.75. The van der Waals surface area contributed by atoms with E-state index in [1.807, 2.05) is 30.3 Å². The Morgan fingerprint density at radius 1 is 0.968 bits per heavy atom. The molecule has 0 fully saturated rings. The highest BCUT2D eigenvalue weighted by molar-refractivity contribution is 5.92. The van der Waals surface area contributed by atoms with Gasteiger partial charge in [-0.25, -0.2) is 4.98 Å². The van der Waals surface area contributed by atoms with E-state index in [1.165, 1.54) is 6.20 Å². The van der Waals surface area contributed by atoms with Crippen LogP contribution in [0.15, 0.2) is 77.5 Å². The van der Waals surface area contributed by atoms with Crippen LogP contribution in [0.4, 0.5) is 11.8 Å². The van der Waals surface area contributed by atoms with E-state index < -0.39 is 0 Å². The van der Waals surface area contributed by atoms with Gasteiger partial charge in [-0.3, -0.25) is 15.1 Å². The van der Waals surface area contributed by atoms with Gasteiger partial charge in [-0.1, -0.05) is 24.3 Å². The summed E-state index contributed by atoms with van der Waals surface area (Å²) < 4.78 is 11.6. The molecular formula is C23H17N5O3. The van der Waals surface area contributed by atoms with Gasteiger partial charge in [-0.05, 0) is 29.7 Å². The lowest BCUT2D eigenvalue weighted by molar-refractivity contribution is 0.0958. The van der Waals surface area contributed by atoms with Gasteiger partial charge in [0.2, 0.25) is 0 Å². The lowest BCUT2D eigenvalue weighted by Gasteiger charge is -2.06. The van der Waals surface area contributed by atoms with Crippen LogP contribution < -0.4 is 15.4 Å². The molecule has 0 aliphatic rings. The van der Waals surface area contributed by atoms with Gasteiger partial charge in [0.1, 0.15) is 28.5 Å². The molecule has 152 valence electrons. The van der Waals surface area contributed by atoms with Crippen molar-refractivity contribution in [1.29, 1.82) is 0 Å². The number of hydrogen-bond donors (Lipinski definition) is 2. The van der Waals surface area contributed by atoms with Crippen LogP contribution in [-0.4, -0.2) is 27.9 Å². The first-order valence-electron chi connectivity index (χ1n) is 9.56. The molecule has 0 spiro atoms. The fourth-order valence-electron chi connectivity index (χ4n) is 3.15. The van der Waals surface area contributed by atoms with Crippen LogP contribution in [0, 0.1) is 0 Å². The zero-order valence-corrected chi connectivity index (χ0v) is 16.5. The summed E-state index contributed by atoms with van der Waals surface area (Å²) in [5.74, 6) is 1.41. The van der Waals surface area contributed by atoms with Crippen molar-refractivity contribution in [2.24, 2.45) is 0 Å². The number of nitrogens with zero attached hydrogens (tertiary/aromatic N) is 3. The Labute approximate surface area is 176 Å². The summed E-state index contributed by atoms with van der Waals surface area (Å²) >= 11 is 0. The fourth-order valence-corrected chi connectivity index (χ4v) is 3.15. The maximum Gasteiger partial charge on any atom is 0.301 e. The van der Waals surface area contributed by atoms with Crippen LogP contribution in [0.3, 0.4) is 0 Å². The van der Waals surface area contributed by atoms with Crippen LogP contribution in [-0.2, 0) is 0 Å². The number of benzene rings is 2. The monoisotopic (exact) mass is 411 g/mol. The second-order valence-corrected chi connectivity index (χ2v) is 6.75. The zero-order valence-electron chi connectivity index (χ0n) is 16.5. The van der Waals surface area contributed by atoms with E-state index in [0.29, 0.717) is 34.4 Å². The largest absolute Gasteiger partial charge is 0.457 e. The van der Waals surface area contributed by atoms with Crippen LogP contribution in [0.5, 0.6) is 11.5 Å². The van der Waals surface area contributed by atoms with E-state index in [-0.39, 0.29) is 11.6 Å². The van der Waals surface area contributed by atoms with Gasteiger partial charge >= 0.3 is 6.01 Å². The average Bonchev–Trinajstić information content (AvgIpc) is 3.20. The van der Waals surface area contributed by atoms with E-state index in [4.69, 9.17) is 9.15 Å². The van der Waals surface area contributed by atoms with Crippen molar-refractivity contribution >= 4 is 39.6 Å². The van der Waals surface area contributed by atoms with Gasteiger partial charge in [0, 0.05) is 37.0 Å². The van der Waals surface area contributed by atoms with E-state index >= 15 is 0 Å². The Balaban J connectivity index is 1.38. The van der Waals surface area contributed by atoms with Crippen LogP contribution >= 0.6 is 0 Å². The van der Waals surface area contributed by atoms with Crippen LogP contribution in [0.2, 0.25) is 0 Å². The van der Waals surface area contributed by atoms with E-state index in [0.717, 1.165) is 10.8 Å². The molecule has 3 aromatic heterocycles. The number of ether oxygens (including phenoxy) is 1. The number of carbonyl (C=O) groups excluding carboxylic acids is 1. The summed E-state index contributed by atoms with van der Waals surface area (Å²) in [6.45, 7) is 0. The maximum absolute atomic E-state index is 11.8. The van der Waals surface area contributed by atoms with Gasteiger partial charge in [0.15, 0.2) is 5.58 Å². The Hall–Kier alpha value is -4.46. The summed E-state index contributed by atoms with van der Waals surface area (Å²) in [6.07, 6.45) is 3.32. The number of carbonyl (C=O) groups is 1. The van der Waals surface area contributed by atoms with Gasteiger partial charge < -0.3 is 14.5 Å². The normalized spacial score (nSPS) is 10.9. The first-order chi connectivity index (χ1) is 15.2. The maximum atomic E-state index is 11.8. The third-order valence-electron chi connectivity index (χ3n) is 4.65. The minimum Gasteiger partial charge on any atom is -0.457 e. The Morgan fingerprint density at radius 3 is 2.68 bits per heavy atom. The number of anilines is 2. The molecule has 0 saturated carbocycles. The van der Waals surface area contributed by atoms with E-state index in [1.54, 1.807) is 43.6 Å². The highest BCUT2D eigenvalue weighted by Crippen LogP contribution is 2.28. The highest BCUT2D eigenvalue weighted by Gasteiger charge is 2.10. The van der Waals surface area contributed by atoms with Crippen LogP contribution in [0.25, 0.3) is 21.9 Å². The minimum atomic E-state index is -0.282. The lowest BCUT2D eigenvalue weighted by atomic mass is 10.2. The summed E-state index contributed by atoms with van der Waals surface area (Å²) in [7, 11) is 1.55. The number of oxazole rings is 1. The molecule has 3 heterocycles. The molecule has 31 heavy (non-hydrogen) atoms. The Kier molecular flexibility index (Phi) is 4.64. The van der Waals surface area contributed by atoms with Crippen molar-refractivity contribution in [3.8, 4) is 11.5 Å². The number of aromatic nitrogens is 3. The summed E-state index contributed by atoms with van der Waals surface area (Å²) in [4.78, 5) is 24.7. The SMILES string of the molecule is CNC(=O)c1cc(Oc2ccc3oc(Nc4cc5ccccc5cn4)nc3c2)ccn1. The van der Waals surface area contributed by atoms with Gasteiger partial charge in [0.05, 0.1) is 0 Å². The van der Waals surface area contributed by atoms with Crippen molar-refractivity contribution < 1.29 is 13.9 Å². The molecule has 0 saturated heterocycles. The van der Waals surface area contributed by atoms with Crippen molar-refractivity contribution in [1.82, 2.24) is 20.3 Å². The number of fused-ring (bicyclic) bond motifs is 2. The molecular weight excluding hydrogens is 394 g/mol. The fraction of sp³-hybridized carbons (Fsp3) is 0.0435. The Bertz CT molecular complexity index is 1410. The topological polar surface area (TPSA) is 102 Å². The van der Waals surface area contributed by atoms with Crippen molar-refractivity contribution in [3.63, 3.8) is 0 Å². The van der Waals surface area contributed by atoms with E-state index in [9.17, 15) is 4.79 Å². The minimum absolute atomic E-state index is 0.275. The molecule has 5 rings (SSSR count). The molecule has 8 heteroatoms. The molecule has 1 amide bonds. The smallest absolute Gasteiger partial charge is 0.301 e. The molecule has 0 atom stereocenters. The second-order valence-electron chi connectivity index (χ2n) is 6.75. The quantitative estimate of drug-likeness (QED) is 0.433. The molecule has 2 aromatic carbocycles. The number of nitrogens with one attached hydrogen (secondary N) is 2. The number of hydrogen-bond acceptors (Lipinski definition) is 7. The van der Waals surface area contributed by atoms with Gasteiger partial charge in [0.25, 0.3) is 5.91 Å². The van der Waals surface area contributed by atoms with Gasteiger partial charge in [-0.2, -0.15) is 4.98 Å². The number of pyridine rings is 2. The molecule has 2 N–H and O–H groups in total. The molecule has 5 aromatic rings. The third kappa shape index (κ3) is 3.86. The molecule has 0 bridgehead atoms. The highest BCUT2D eigenvalue weighted by atomic mass is 16.5. The molecule has 8 nitrogen and oxygen atoms in total. The summed E-state index contributed by atoms with van der Waals surface area (Å²) in [5, 5.41) is 7.76. The predicted octanol–water partition coefficient (Wildman–Crippen LogP) is 4.67. The summed E-state index contributed by atoms with van der Waals surface area (Å²) in [6, 6.07) is 18.8. The van der Waals surface area contributed by atoms with Gasteiger partial charge in [-0.15, -0.1) is 0 Å². The predicted molar refractivity (Wildman–Crippen MR) is 117 cm³/mol. The average molecular weight is 411 g/mol. The van der Waals surface area contributed by atoms with E-state index in [2.05, 4.69) is 25.6 Å². The number of amides is 1.